The Morgan fingerprint density at radius 1 is 1.26 bits per heavy atom. The van der Waals surface area contributed by atoms with Gasteiger partial charge in [0, 0.05) is 22.9 Å². The highest BCUT2D eigenvalue weighted by atomic mass is 79.9. The fourth-order valence-corrected chi connectivity index (χ4v) is 2.53. The van der Waals surface area contributed by atoms with E-state index in [0.29, 0.717) is 0 Å². The summed E-state index contributed by atoms with van der Waals surface area (Å²) >= 11 is 3.45. The second-order valence-corrected chi connectivity index (χ2v) is 5.49. The molecule has 0 aliphatic heterocycles. The summed E-state index contributed by atoms with van der Waals surface area (Å²) in [5.41, 5.74) is 3.30. The first-order chi connectivity index (χ1) is 9.10. The molecule has 0 radical (unpaired) electrons. The Hall–Kier alpha value is -1.42. The number of nitrogens with zero attached hydrogens (tertiary/aromatic N) is 3. The standard InChI is InChI=1S/C15H18BrN3/c1-4-19(10-14-7-5-6-12(3)18-14)15-11(2)8-13(16)9-17-15/h5-9H,4,10H2,1-3H3. The van der Waals surface area contributed by atoms with Gasteiger partial charge in [0.25, 0.3) is 0 Å². The van der Waals surface area contributed by atoms with Crippen molar-refractivity contribution < 1.29 is 0 Å². The lowest BCUT2D eigenvalue weighted by molar-refractivity contribution is 0.786. The largest absolute Gasteiger partial charge is 0.351 e. The Kier molecular flexibility index (Phi) is 4.53. The first-order valence-electron chi connectivity index (χ1n) is 6.39. The molecule has 0 saturated heterocycles. The maximum atomic E-state index is 4.55. The number of hydrogen-bond donors (Lipinski definition) is 0. The third-order valence-electron chi connectivity index (χ3n) is 3.00. The van der Waals surface area contributed by atoms with Crippen molar-refractivity contribution in [3.63, 3.8) is 0 Å². The van der Waals surface area contributed by atoms with Crippen LogP contribution < -0.4 is 4.90 Å². The van der Waals surface area contributed by atoms with E-state index >= 15 is 0 Å². The SMILES string of the molecule is CCN(Cc1cccc(C)n1)c1ncc(Br)cc1C. The van der Waals surface area contributed by atoms with Crippen molar-refractivity contribution in [2.75, 3.05) is 11.4 Å². The zero-order chi connectivity index (χ0) is 13.8. The Labute approximate surface area is 122 Å². The summed E-state index contributed by atoms with van der Waals surface area (Å²) in [6.07, 6.45) is 1.84. The number of anilines is 1. The van der Waals surface area contributed by atoms with Crippen LogP contribution in [0.1, 0.15) is 23.9 Å². The van der Waals surface area contributed by atoms with E-state index in [4.69, 9.17) is 0 Å². The number of aromatic nitrogens is 2. The molecule has 2 aromatic heterocycles. The zero-order valence-electron chi connectivity index (χ0n) is 11.5. The molecule has 0 N–H and O–H groups in total. The monoisotopic (exact) mass is 319 g/mol. The predicted octanol–water partition coefficient (Wildman–Crippen LogP) is 3.88. The van der Waals surface area contributed by atoms with Gasteiger partial charge >= 0.3 is 0 Å². The van der Waals surface area contributed by atoms with Crippen LogP contribution in [0, 0.1) is 13.8 Å². The molecule has 19 heavy (non-hydrogen) atoms. The van der Waals surface area contributed by atoms with E-state index in [2.05, 4.69) is 56.8 Å². The molecular weight excluding hydrogens is 302 g/mol. The number of pyridine rings is 2. The number of aryl methyl sites for hydroxylation is 2. The van der Waals surface area contributed by atoms with Crippen molar-refractivity contribution >= 4 is 21.7 Å². The summed E-state index contributed by atoms with van der Waals surface area (Å²) in [7, 11) is 0. The average molecular weight is 320 g/mol. The molecule has 4 heteroatoms. The van der Waals surface area contributed by atoms with Crippen LogP contribution in [0.4, 0.5) is 5.82 Å². The van der Waals surface area contributed by atoms with E-state index in [-0.39, 0.29) is 0 Å². The normalized spacial score (nSPS) is 10.5. The van der Waals surface area contributed by atoms with Crippen molar-refractivity contribution in [2.24, 2.45) is 0 Å². The van der Waals surface area contributed by atoms with Crippen LogP contribution in [0.5, 0.6) is 0 Å². The highest BCUT2D eigenvalue weighted by Gasteiger charge is 2.10. The minimum Gasteiger partial charge on any atom is -0.351 e. The van der Waals surface area contributed by atoms with Gasteiger partial charge in [-0.1, -0.05) is 6.07 Å². The Balaban J connectivity index is 2.25. The molecule has 2 heterocycles. The Bertz CT molecular complexity index is 569. The summed E-state index contributed by atoms with van der Waals surface area (Å²) in [5.74, 6) is 1.02. The lowest BCUT2D eigenvalue weighted by atomic mass is 10.2. The molecule has 0 spiro atoms. The number of halogens is 1. The quantitative estimate of drug-likeness (QED) is 0.856. The number of rotatable bonds is 4. The van der Waals surface area contributed by atoms with Crippen LogP contribution in [-0.2, 0) is 6.54 Å². The van der Waals surface area contributed by atoms with Gasteiger partial charge in [0.15, 0.2) is 0 Å². The highest BCUT2D eigenvalue weighted by Crippen LogP contribution is 2.21. The van der Waals surface area contributed by atoms with Gasteiger partial charge in [0.2, 0.25) is 0 Å². The molecule has 100 valence electrons. The summed E-state index contributed by atoms with van der Waals surface area (Å²) in [5, 5.41) is 0. The maximum Gasteiger partial charge on any atom is 0.131 e. The van der Waals surface area contributed by atoms with Crippen LogP contribution in [0.25, 0.3) is 0 Å². The summed E-state index contributed by atoms with van der Waals surface area (Å²) in [6.45, 7) is 7.93. The van der Waals surface area contributed by atoms with Gasteiger partial charge in [0.1, 0.15) is 5.82 Å². The molecule has 0 aromatic carbocycles. The van der Waals surface area contributed by atoms with Crippen LogP contribution >= 0.6 is 15.9 Å². The third-order valence-corrected chi connectivity index (χ3v) is 3.43. The van der Waals surface area contributed by atoms with Gasteiger partial charge in [-0.05, 0) is 60.5 Å². The van der Waals surface area contributed by atoms with Gasteiger partial charge in [-0.3, -0.25) is 4.98 Å². The molecule has 0 fully saturated rings. The lowest BCUT2D eigenvalue weighted by Crippen LogP contribution is -2.24. The van der Waals surface area contributed by atoms with Crippen molar-refractivity contribution in [2.45, 2.75) is 27.3 Å². The lowest BCUT2D eigenvalue weighted by Gasteiger charge is -2.23. The molecule has 0 aliphatic carbocycles. The van der Waals surface area contributed by atoms with E-state index in [1.54, 1.807) is 0 Å². The van der Waals surface area contributed by atoms with Crippen LogP contribution in [0.15, 0.2) is 34.9 Å². The smallest absolute Gasteiger partial charge is 0.131 e. The molecule has 0 bridgehead atoms. The third kappa shape index (κ3) is 3.53. The fourth-order valence-electron chi connectivity index (χ4n) is 2.08. The summed E-state index contributed by atoms with van der Waals surface area (Å²) in [6, 6.07) is 8.22. The number of hydrogen-bond acceptors (Lipinski definition) is 3. The molecule has 0 unspecified atom stereocenters. The van der Waals surface area contributed by atoms with Gasteiger partial charge in [0.05, 0.1) is 12.2 Å². The summed E-state index contributed by atoms with van der Waals surface area (Å²) in [4.78, 5) is 11.3. The summed E-state index contributed by atoms with van der Waals surface area (Å²) < 4.78 is 1.01. The van der Waals surface area contributed by atoms with Gasteiger partial charge in [-0.15, -0.1) is 0 Å². The second kappa shape index (κ2) is 6.15. The van der Waals surface area contributed by atoms with E-state index in [1.807, 2.05) is 25.3 Å². The molecular formula is C15H18BrN3. The van der Waals surface area contributed by atoms with E-state index in [9.17, 15) is 0 Å². The second-order valence-electron chi connectivity index (χ2n) is 4.58. The fraction of sp³-hybridized carbons (Fsp3) is 0.333. The first kappa shape index (κ1) is 14.0. The highest BCUT2D eigenvalue weighted by molar-refractivity contribution is 9.10. The van der Waals surface area contributed by atoms with Crippen LogP contribution in [0.2, 0.25) is 0 Å². The van der Waals surface area contributed by atoms with E-state index in [1.165, 1.54) is 5.56 Å². The Morgan fingerprint density at radius 3 is 2.68 bits per heavy atom. The van der Waals surface area contributed by atoms with Gasteiger partial charge in [-0.2, -0.15) is 0 Å². The Morgan fingerprint density at radius 2 is 2.05 bits per heavy atom. The molecule has 0 amide bonds. The minimum atomic E-state index is 0.785. The maximum absolute atomic E-state index is 4.55. The minimum absolute atomic E-state index is 0.785. The van der Waals surface area contributed by atoms with Gasteiger partial charge < -0.3 is 4.90 Å². The molecule has 2 aromatic rings. The van der Waals surface area contributed by atoms with E-state index in [0.717, 1.165) is 34.8 Å². The zero-order valence-corrected chi connectivity index (χ0v) is 13.1. The van der Waals surface area contributed by atoms with Gasteiger partial charge in [-0.25, -0.2) is 4.98 Å². The topological polar surface area (TPSA) is 29.0 Å². The van der Waals surface area contributed by atoms with E-state index < -0.39 is 0 Å². The molecule has 0 atom stereocenters. The van der Waals surface area contributed by atoms with Crippen molar-refractivity contribution in [1.82, 2.24) is 9.97 Å². The molecule has 3 nitrogen and oxygen atoms in total. The van der Waals surface area contributed by atoms with Crippen LogP contribution in [0.3, 0.4) is 0 Å². The van der Waals surface area contributed by atoms with Crippen LogP contribution in [-0.4, -0.2) is 16.5 Å². The average Bonchev–Trinajstić information content (AvgIpc) is 2.37. The first-order valence-corrected chi connectivity index (χ1v) is 7.19. The van der Waals surface area contributed by atoms with Crippen molar-refractivity contribution in [3.05, 3.63) is 51.9 Å². The van der Waals surface area contributed by atoms with Crippen molar-refractivity contribution in [3.8, 4) is 0 Å². The predicted molar refractivity (Wildman–Crippen MR) is 82.4 cm³/mol. The van der Waals surface area contributed by atoms with Crippen molar-refractivity contribution in [1.29, 1.82) is 0 Å². The molecule has 0 saturated carbocycles. The molecule has 2 rings (SSSR count). The molecule has 0 aliphatic rings.